The lowest BCUT2D eigenvalue weighted by molar-refractivity contribution is -0.125. The normalized spacial score (nSPS) is 14.9. The van der Waals surface area contributed by atoms with E-state index >= 15 is 0 Å². The summed E-state index contributed by atoms with van der Waals surface area (Å²) in [6.07, 6.45) is 3.03. The number of nitrogens with one attached hydrogen (secondary N) is 2. The largest absolute Gasteiger partial charge is 0.345 e. The molecule has 0 unspecified atom stereocenters. The van der Waals surface area contributed by atoms with E-state index in [0.717, 1.165) is 41.6 Å². The number of hydrogen-bond acceptors (Lipinski definition) is 3. The van der Waals surface area contributed by atoms with Crippen LogP contribution < -0.4 is 10.6 Å². The van der Waals surface area contributed by atoms with Gasteiger partial charge >= 0.3 is 0 Å². The minimum Gasteiger partial charge on any atom is -0.345 e. The van der Waals surface area contributed by atoms with Crippen LogP contribution in [0.5, 0.6) is 0 Å². The third-order valence-electron chi connectivity index (χ3n) is 5.68. The quantitative estimate of drug-likeness (QED) is 0.754. The fourth-order valence-corrected chi connectivity index (χ4v) is 4.18. The smallest absolute Gasteiger partial charge is 0.238 e. The van der Waals surface area contributed by atoms with E-state index < -0.39 is 0 Å². The number of rotatable bonds is 7. The summed E-state index contributed by atoms with van der Waals surface area (Å²) in [6.45, 7) is 6.39. The van der Waals surface area contributed by atoms with Crippen molar-refractivity contribution < 1.29 is 9.59 Å². The average Bonchev–Trinajstić information content (AvgIpc) is 2.61. The summed E-state index contributed by atoms with van der Waals surface area (Å²) in [7, 11) is 1.80. The van der Waals surface area contributed by atoms with Crippen LogP contribution in [-0.4, -0.2) is 36.9 Å². The molecule has 1 aliphatic carbocycles. The topological polar surface area (TPSA) is 61.4 Å². The fourth-order valence-electron chi connectivity index (χ4n) is 4.18. The lowest BCUT2D eigenvalue weighted by Crippen LogP contribution is -2.53. The lowest BCUT2D eigenvalue weighted by Gasteiger charge is -2.43. The number of benzene rings is 2. The minimum atomic E-state index is -0.252. The third-order valence-corrected chi connectivity index (χ3v) is 5.68. The van der Waals surface area contributed by atoms with Crippen LogP contribution in [0.4, 0.5) is 5.69 Å². The van der Waals surface area contributed by atoms with Gasteiger partial charge in [0.25, 0.3) is 0 Å². The standard InChI is InChI=1S/C24H31N3O2/c1-17-13-18(2)23(19(3)14-17)25-21(28)15-27(4)16-22(29)26-24(11-8-12-24)20-9-6-5-7-10-20/h5-7,9-10,13-14H,8,11-12,15-16H2,1-4H3,(H,25,28)(H,26,29). The molecule has 0 aliphatic heterocycles. The van der Waals surface area contributed by atoms with E-state index in [-0.39, 0.29) is 30.4 Å². The maximum absolute atomic E-state index is 12.6. The molecular formula is C24H31N3O2. The van der Waals surface area contributed by atoms with Gasteiger partial charge in [0.1, 0.15) is 0 Å². The van der Waals surface area contributed by atoms with Crippen LogP contribution in [0.1, 0.15) is 41.5 Å². The van der Waals surface area contributed by atoms with Gasteiger partial charge in [-0.1, -0.05) is 48.0 Å². The Bertz CT molecular complexity index is 865. The number of amides is 2. The number of carbonyl (C=O) groups is 2. The molecule has 1 fully saturated rings. The molecule has 0 aromatic heterocycles. The van der Waals surface area contributed by atoms with Crippen LogP contribution in [0.15, 0.2) is 42.5 Å². The first-order chi connectivity index (χ1) is 13.8. The van der Waals surface area contributed by atoms with E-state index in [2.05, 4.69) is 34.9 Å². The van der Waals surface area contributed by atoms with Gasteiger partial charge in [-0.15, -0.1) is 0 Å². The monoisotopic (exact) mass is 393 g/mol. The van der Waals surface area contributed by atoms with Crippen molar-refractivity contribution in [3.8, 4) is 0 Å². The molecule has 5 nitrogen and oxygen atoms in total. The molecular weight excluding hydrogens is 362 g/mol. The van der Waals surface area contributed by atoms with Crippen molar-refractivity contribution in [2.24, 2.45) is 0 Å². The van der Waals surface area contributed by atoms with Crippen molar-refractivity contribution in [2.45, 2.75) is 45.6 Å². The number of aryl methyl sites for hydroxylation is 3. The summed E-state index contributed by atoms with van der Waals surface area (Å²) < 4.78 is 0. The lowest BCUT2D eigenvalue weighted by atomic mass is 9.72. The SMILES string of the molecule is Cc1cc(C)c(NC(=O)CN(C)CC(=O)NC2(c3ccccc3)CCC2)c(C)c1. The van der Waals surface area contributed by atoms with Gasteiger partial charge in [-0.3, -0.25) is 14.5 Å². The van der Waals surface area contributed by atoms with Gasteiger partial charge in [-0.2, -0.15) is 0 Å². The van der Waals surface area contributed by atoms with Crippen molar-refractivity contribution >= 4 is 17.5 Å². The zero-order chi connectivity index (χ0) is 21.0. The van der Waals surface area contributed by atoms with Gasteiger partial charge < -0.3 is 10.6 Å². The van der Waals surface area contributed by atoms with Gasteiger partial charge in [-0.25, -0.2) is 0 Å². The molecule has 3 rings (SSSR count). The number of hydrogen-bond donors (Lipinski definition) is 2. The Kier molecular flexibility index (Phi) is 6.38. The molecule has 2 aromatic carbocycles. The van der Waals surface area contributed by atoms with E-state index in [0.29, 0.717) is 0 Å². The average molecular weight is 394 g/mol. The number of carbonyl (C=O) groups excluding carboxylic acids is 2. The molecule has 5 heteroatoms. The van der Waals surface area contributed by atoms with Crippen molar-refractivity contribution in [1.82, 2.24) is 10.2 Å². The Morgan fingerprint density at radius 3 is 2.10 bits per heavy atom. The Morgan fingerprint density at radius 1 is 0.966 bits per heavy atom. The second kappa shape index (κ2) is 8.78. The van der Waals surface area contributed by atoms with E-state index in [4.69, 9.17) is 0 Å². The van der Waals surface area contributed by atoms with Crippen molar-refractivity contribution in [3.05, 3.63) is 64.7 Å². The Labute approximate surface area is 173 Å². The highest BCUT2D eigenvalue weighted by molar-refractivity contribution is 5.94. The summed E-state index contributed by atoms with van der Waals surface area (Å²) >= 11 is 0. The fraction of sp³-hybridized carbons (Fsp3) is 0.417. The van der Waals surface area contributed by atoms with Gasteiger partial charge in [0, 0.05) is 5.69 Å². The van der Waals surface area contributed by atoms with Gasteiger partial charge in [-0.05, 0) is 63.8 Å². The van der Waals surface area contributed by atoms with Crippen LogP contribution in [0.3, 0.4) is 0 Å². The Morgan fingerprint density at radius 2 is 1.55 bits per heavy atom. The summed E-state index contributed by atoms with van der Waals surface area (Å²) in [5, 5.41) is 6.21. The first-order valence-corrected chi connectivity index (χ1v) is 10.2. The zero-order valence-electron chi connectivity index (χ0n) is 17.8. The van der Waals surface area contributed by atoms with Gasteiger partial charge in [0.15, 0.2) is 0 Å². The van der Waals surface area contributed by atoms with Crippen molar-refractivity contribution in [1.29, 1.82) is 0 Å². The molecule has 1 aliphatic rings. The molecule has 1 saturated carbocycles. The molecule has 0 spiro atoms. The molecule has 154 valence electrons. The maximum Gasteiger partial charge on any atom is 0.238 e. The van der Waals surface area contributed by atoms with Crippen LogP contribution in [-0.2, 0) is 15.1 Å². The second-order valence-electron chi connectivity index (χ2n) is 8.34. The molecule has 0 radical (unpaired) electrons. The predicted octanol–water partition coefficient (Wildman–Crippen LogP) is 3.68. The highest BCUT2D eigenvalue weighted by atomic mass is 16.2. The number of likely N-dealkylation sites (N-methyl/N-ethyl adjacent to an activating group) is 1. The highest BCUT2D eigenvalue weighted by Gasteiger charge is 2.39. The highest BCUT2D eigenvalue weighted by Crippen LogP contribution is 2.41. The van der Waals surface area contributed by atoms with E-state index in [1.165, 1.54) is 5.56 Å². The van der Waals surface area contributed by atoms with Crippen molar-refractivity contribution in [3.63, 3.8) is 0 Å². The van der Waals surface area contributed by atoms with Crippen LogP contribution in [0.25, 0.3) is 0 Å². The second-order valence-corrected chi connectivity index (χ2v) is 8.34. The van der Waals surface area contributed by atoms with Crippen LogP contribution in [0.2, 0.25) is 0 Å². The maximum atomic E-state index is 12.6. The van der Waals surface area contributed by atoms with Crippen molar-refractivity contribution in [2.75, 3.05) is 25.5 Å². The Hall–Kier alpha value is -2.66. The zero-order valence-corrected chi connectivity index (χ0v) is 17.8. The van der Waals surface area contributed by atoms with E-state index in [9.17, 15) is 9.59 Å². The number of nitrogens with zero attached hydrogens (tertiary/aromatic N) is 1. The summed E-state index contributed by atoms with van der Waals surface area (Å²) in [5.41, 5.74) is 5.03. The van der Waals surface area contributed by atoms with E-state index in [1.54, 1.807) is 11.9 Å². The first kappa shape index (κ1) is 21.1. The molecule has 0 heterocycles. The van der Waals surface area contributed by atoms with E-state index in [1.807, 2.05) is 39.0 Å². The molecule has 0 bridgehead atoms. The molecule has 0 atom stereocenters. The summed E-state index contributed by atoms with van der Waals surface area (Å²) in [6, 6.07) is 14.3. The number of anilines is 1. The molecule has 2 N–H and O–H groups in total. The summed E-state index contributed by atoms with van der Waals surface area (Å²) in [4.78, 5) is 26.9. The third kappa shape index (κ3) is 5.04. The molecule has 0 saturated heterocycles. The van der Waals surface area contributed by atoms with Gasteiger partial charge in [0.2, 0.25) is 11.8 Å². The van der Waals surface area contributed by atoms with Gasteiger partial charge in [0.05, 0.1) is 18.6 Å². The summed E-state index contributed by atoms with van der Waals surface area (Å²) in [5.74, 6) is -0.164. The van der Waals surface area contributed by atoms with Crippen LogP contribution >= 0.6 is 0 Å². The predicted molar refractivity (Wildman–Crippen MR) is 117 cm³/mol. The molecule has 29 heavy (non-hydrogen) atoms. The first-order valence-electron chi connectivity index (χ1n) is 10.2. The Balaban J connectivity index is 1.54. The minimum absolute atomic E-state index is 0.0495. The molecule has 2 amide bonds. The molecule has 2 aromatic rings. The van der Waals surface area contributed by atoms with Crippen LogP contribution in [0, 0.1) is 20.8 Å².